The van der Waals surface area contributed by atoms with E-state index in [4.69, 9.17) is 4.74 Å². The Labute approximate surface area is 146 Å². The van der Waals surface area contributed by atoms with Crippen LogP contribution in [0, 0.1) is 0 Å². The van der Waals surface area contributed by atoms with Gasteiger partial charge in [-0.15, -0.1) is 0 Å². The minimum atomic E-state index is -3.65. The first kappa shape index (κ1) is 18.9. The molecule has 0 heterocycles. The summed E-state index contributed by atoms with van der Waals surface area (Å²) in [6.45, 7) is -0.234. The molecule has 2 aromatic carbocycles. The van der Waals surface area contributed by atoms with Crippen LogP contribution in [0.2, 0.25) is 0 Å². The Morgan fingerprint density at radius 1 is 1.08 bits per heavy atom. The van der Waals surface area contributed by atoms with Crippen molar-refractivity contribution in [1.29, 1.82) is 0 Å². The minimum Gasteiger partial charge on any atom is -0.456 e. The molecule has 0 aliphatic heterocycles. The monoisotopic (exact) mass is 364 g/mol. The lowest BCUT2D eigenvalue weighted by molar-refractivity contribution is -0.148. The number of amides is 1. The number of ether oxygens (including phenoxy) is 1. The molecular formula is C17H20N2O5S. The van der Waals surface area contributed by atoms with Crippen molar-refractivity contribution in [2.45, 2.75) is 17.7 Å². The van der Waals surface area contributed by atoms with Crippen molar-refractivity contribution in [2.24, 2.45) is 0 Å². The van der Waals surface area contributed by atoms with Crippen molar-refractivity contribution in [3.8, 4) is 0 Å². The Bertz CT molecular complexity index is 864. The van der Waals surface area contributed by atoms with E-state index in [1.165, 1.54) is 7.05 Å². The van der Waals surface area contributed by atoms with Gasteiger partial charge in [-0.3, -0.25) is 9.59 Å². The second-order valence-electron chi connectivity index (χ2n) is 5.34. The predicted molar refractivity (Wildman–Crippen MR) is 93.4 cm³/mol. The molecule has 1 amide bonds. The van der Waals surface area contributed by atoms with Gasteiger partial charge < -0.3 is 10.1 Å². The summed E-state index contributed by atoms with van der Waals surface area (Å²) in [6, 6.07) is 12.4. The summed E-state index contributed by atoms with van der Waals surface area (Å²) in [5, 5.41) is 4.13. The van der Waals surface area contributed by atoms with Gasteiger partial charge in [-0.2, -0.15) is 0 Å². The Hall–Kier alpha value is -2.45. The second kappa shape index (κ2) is 8.59. The van der Waals surface area contributed by atoms with Crippen molar-refractivity contribution in [1.82, 2.24) is 10.0 Å². The Balaban J connectivity index is 1.84. The largest absolute Gasteiger partial charge is 0.456 e. The molecule has 7 nitrogen and oxygen atoms in total. The number of carbonyl (C=O) groups is 2. The van der Waals surface area contributed by atoms with Gasteiger partial charge in [0.05, 0.1) is 4.90 Å². The summed E-state index contributed by atoms with van der Waals surface area (Å²) in [6.07, 6.45) is 0.302. The molecule has 0 radical (unpaired) electrons. The first-order valence-corrected chi connectivity index (χ1v) is 9.25. The van der Waals surface area contributed by atoms with Gasteiger partial charge in [0, 0.05) is 20.0 Å². The van der Waals surface area contributed by atoms with E-state index in [-0.39, 0.29) is 30.9 Å². The van der Waals surface area contributed by atoms with Crippen LogP contribution in [0.1, 0.15) is 12.8 Å². The van der Waals surface area contributed by atoms with E-state index in [9.17, 15) is 18.0 Å². The number of hydrogen-bond acceptors (Lipinski definition) is 5. The molecule has 134 valence electrons. The van der Waals surface area contributed by atoms with E-state index >= 15 is 0 Å². The van der Waals surface area contributed by atoms with Gasteiger partial charge >= 0.3 is 5.97 Å². The molecule has 0 aliphatic carbocycles. The van der Waals surface area contributed by atoms with Crippen LogP contribution < -0.4 is 10.0 Å². The summed E-state index contributed by atoms with van der Waals surface area (Å²) in [5.74, 6) is -0.945. The van der Waals surface area contributed by atoms with Crippen LogP contribution >= 0.6 is 0 Å². The lowest BCUT2D eigenvalue weighted by Crippen LogP contribution is -2.27. The van der Waals surface area contributed by atoms with Crippen molar-refractivity contribution in [3.05, 3.63) is 42.5 Å². The molecule has 2 N–H and O–H groups in total. The molecule has 0 aromatic heterocycles. The molecule has 0 unspecified atom stereocenters. The van der Waals surface area contributed by atoms with Crippen LogP contribution in [0.5, 0.6) is 0 Å². The Morgan fingerprint density at radius 2 is 1.80 bits per heavy atom. The average Bonchev–Trinajstić information content (AvgIpc) is 2.62. The van der Waals surface area contributed by atoms with Gasteiger partial charge in [-0.25, -0.2) is 13.1 Å². The zero-order chi connectivity index (χ0) is 18.3. The third-order valence-electron chi connectivity index (χ3n) is 3.52. The number of carbonyl (C=O) groups excluding carboxylic acids is 2. The first-order valence-electron chi connectivity index (χ1n) is 7.77. The number of hydrogen-bond donors (Lipinski definition) is 2. The summed E-state index contributed by atoms with van der Waals surface area (Å²) >= 11 is 0. The highest BCUT2D eigenvalue weighted by atomic mass is 32.2. The van der Waals surface area contributed by atoms with Gasteiger partial charge in [-0.05, 0) is 29.3 Å². The van der Waals surface area contributed by atoms with Gasteiger partial charge in [0.15, 0.2) is 6.61 Å². The zero-order valence-corrected chi connectivity index (χ0v) is 14.6. The second-order valence-corrected chi connectivity index (χ2v) is 7.11. The lowest BCUT2D eigenvalue weighted by atomic mass is 10.1. The van der Waals surface area contributed by atoms with Gasteiger partial charge in [0.2, 0.25) is 10.0 Å². The number of benzene rings is 2. The van der Waals surface area contributed by atoms with Crippen LogP contribution in [-0.4, -0.2) is 40.5 Å². The molecule has 0 fully saturated rings. The fraction of sp³-hybridized carbons (Fsp3) is 0.294. The van der Waals surface area contributed by atoms with Gasteiger partial charge in [-0.1, -0.05) is 30.3 Å². The summed E-state index contributed by atoms with van der Waals surface area (Å²) in [4.78, 5) is 22.5. The van der Waals surface area contributed by atoms with E-state index < -0.39 is 21.9 Å². The molecule has 0 saturated heterocycles. The Kier molecular flexibility index (Phi) is 6.49. The molecule has 0 saturated carbocycles. The van der Waals surface area contributed by atoms with E-state index in [0.29, 0.717) is 0 Å². The maximum absolute atomic E-state index is 12.3. The molecule has 25 heavy (non-hydrogen) atoms. The molecule has 0 bridgehead atoms. The number of sulfonamides is 1. The van der Waals surface area contributed by atoms with Crippen molar-refractivity contribution < 1.29 is 22.7 Å². The number of likely N-dealkylation sites (N-methyl/N-ethyl adjacent to an activating group) is 1. The highest BCUT2D eigenvalue weighted by Gasteiger charge is 2.14. The van der Waals surface area contributed by atoms with E-state index in [1.54, 1.807) is 18.2 Å². The third-order valence-corrected chi connectivity index (χ3v) is 4.98. The minimum absolute atomic E-state index is 0.0250. The summed E-state index contributed by atoms with van der Waals surface area (Å²) in [5.41, 5.74) is 0. The number of esters is 1. The SMILES string of the molecule is CNC(=O)COC(=O)CCCNS(=O)(=O)c1ccc2ccccc2c1. The number of rotatable bonds is 8. The lowest BCUT2D eigenvalue weighted by Gasteiger charge is -2.08. The first-order chi connectivity index (χ1) is 11.9. The highest BCUT2D eigenvalue weighted by molar-refractivity contribution is 7.89. The molecule has 0 spiro atoms. The van der Waals surface area contributed by atoms with E-state index in [1.807, 2.05) is 24.3 Å². The quantitative estimate of drug-likeness (QED) is 0.541. The van der Waals surface area contributed by atoms with Crippen molar-refractivity contribution in [2.75, 3.05) is 20.2 Å². The molecule has 0 atom stereocenters. The maximum Gasteiger partial charge on any atom is 0.306 e. The third kappa shape index (κ3) is 5.54. The normalized spacial score (nSPS) is 11.2. The molecule has 0 aliphatic rings. The number of fused-ring (bicyclic) bond motifs is 1. The van der Waals surface area contributed by atoms with E-state index in [2.05, 4.69) is 10.0 Å². The smallest absolute Gasteiger partial charge is 0.306 e. The predicted octanol–water partition coefficient (Wildman–Crippen LogP) is 1.19. The highest BCUT2D eigenvalue weighted by Crippen LogP contribution is 2.18. The average molecular weight is 364 g/mol. The standard InChI is InChI=1S/C17H20N2O5S/c1-18-16(20)12-24-17(21)7-4-10-19-25(22,23)15-9-8-13-5-2-3-6-14(13)11-15/h2-3,5-6,8-9,11,19H,4,7,10,12H2,1H3,(H,18,20). The Morgan fingerprint density at radius 3 is 2.52 bits per heavy atom. The topological polar surface area (TPSA) is 102 Å². The summed E-state index contributed by atoms with van der Waals surface area (Å²) in [7, 11) is -2.20. The van der Waals surface area contributed by atoms with Crippen molar-refractivity contribution in [3.63, 3.8) is 0 Å². The molecular weight excluding hydrogens is 344 g/mol. The van der Waals surface area contributed by atoms with Crippen molar-refractivity contribution >= 4 is 32.7 Å². The molecule has 8 heteroatoms. The van der Waals surface area contributed by atoms with Gasteiger partial charge in [0.1, 0.15) is 0 Å². The fourth-order valence-corrected chi connectivity index (χ4v) is 3.26. The van der Waals surface area contributed by atoms with Crippen LogP contribution in [0.15, 0.2) is 47.4 Å². The molecule has 2 rings (SSSR count). The van der Waals surface area contributed by atoms with E-state index in [0.717, 1.165) is 10.8 Å². The molecule has 2 aromatic rings. The van der Waals surface area contributed by atoms with Crippen LogP contribution in [0.4, 0.5) is 0 Å². The van der Waals surface area contributed by atoms with Gasteiger partial charge in [0.25, 0.3) is 5.91 Å². The zero-order valence-electron chi connectivity index (χ0n) is 13.8. The van der Waals surface area contributed by atoms with Crippen LogP contribution in [0.3, 0.4) is 0 Å². The maximum atomic E-state index is 12.3. The summed E-state index contributed by atoms with van der Waals surface area (Å²) < 4.78 is 31.8. The van der Waals surface area contributed by atoms with Crippen LogP contribution in [-0.2, 0) is 24.3 Å². The fourth-order valence-electron chi connectivity index (χ4n) is 2.15. The number of nitrogens with one attached hydrogen (secondary N) is 2. The van der Waals surface area contributed by atoms with Crippen LogP contribution in [0.25, 0.3) is 10.8 Å².